The standard InChI is InChI=1S/C18H19NO2/c1-19(2)13-14-21-18-11-7-16(8-12-18)4-3-15-5-9-17(20)10-6-15/h5-12,20H,13-14H2,1-2H3. The Morgan fingerprint density at radius 3 is 1.95 bits per heavy atom. The molecule has 0 amide bonds. The molecule has 3 heteroatoms. The first kappa shape index (κ1) is 15.0. The summed E-state index contributed by atoms with van der Waals surface area (Å²) in [6.07, 6.45) is 0. The highest BCUT2D eigenvalue weighted by molar-refractivity contribution is 5.45. The average molecular weight is 281 g/mol. The molecule has 2 rings (SSSR count). The van der Waals surface area contributed by atoms with Gasteiger partial charge in [0, 0.05) is 17.7 Å². The van der Waals surface area contributed by atoms with Gasteiger partial charge in [-0.1, -0.05) is 11.8 Å². The molecular weight excluding hydrogens is 262 g/mol. The van der Waals surface area contributed by atoms with Crippen LogP contribution in [0.2, 0.25) is 0 Å². The van der Waals surface area contributed by atoms with Crippen molar-refractivity contribution in [3.05, 3.63) is 59.7 Å². The Morgan fingerprint density at radius 1 is 0.905 bits per heavy atom. The number of ether oxygens (including phenoxy) is 1. The lowest BCUT2D eigenvalue weighted by molar-refractivity contribution is 0.261. The van der Waals surface area contributed by atoms with Crippen LogP contribution in [0.25, 0.3) is 0 Å². The van der Waals surface area contributed by atoms with Crippen molar-refractivity contribution in [3.63, 3.8) is 0 Å². The lowest BCUT2D eigenvalue weighted by Crippen LogP contribution is -2.19. The van der Waals surface area contributed by atoms with Gasteiger partial charge in [0.1, 0.15) is 18.1 Å². The molecular formula is C18H19NO2. The third kappa shape index (κ3) is 5.21. The van der Waals surface area contributed by atoms with Gasteiger partial charge in [-0.05, 0) is 62.6 Å². The van der Waals surface area contributed by atoms with Gasteiger partial charge >= 0.3 is 0 Å². The molecule has 0 spiro atoms. The highest BCUT2D eigenvalue weighted by Gasteiger charge is 1.95. The van der Waals surface area contributed by atoms with Crippen molar-refractivity contribution in [2.45, 2.75) is 0 Å². The quantitative estimate of drug-likeness (QED) is 0.875. The molecule has 2 aromatic carbocycles. The van der Waals surface area contributed by atoms with Crippen molar-refractivity contribution < 1.29 is 9.84 Å². The van der Waals surface area contributed by atoms with Gasteiger partial charge in [-0.15, -0.1) is 0 Å². The van der Waals surface area contributed by atoms with E-state index in [1.165, 1.54) is 0 Å². The Labute approximate surface area is 125 Å². The normalized spacial score (nSPS) is 10.0. The third-order valence-corrected chi connectivity index (χ3v) is 2.88. The second-order valence-electron chi connectivity index (χ2n) is 4.97. The first-order chi connectivity index (χ1) is 10.1. The Hall–Kier alpha value is -2.44. The van der Waals surface area contributed by atoms with Crippen molar-refractivity contribution in [2.24, 2.45) is 0 Å². The summed E-state index contributed by atoms with van der Waals surface area (Å²) in [6.45, 7) is 1.56. The van der Waals surface area contributed by atoms with Crippen LogP contribution in [0, 0.1) is 11.8 Å². The van der Waals surface area contributed by atoms with Gasteiger partial charge in [0.25, 0.3) is 0 Å². The highest BCUT2D eigenvalue weighted by atomic mass is 16.5. The number of hydrogen-bond donors (Lipinski definition) is 1. The molecule has 0 aromatic heterocycles. The molecule has 0 aliphatic heterocycles. The zero-order valence-corrected chi connectivity index (χ0v) is 12.3. The summed E-state index contributed by atoms with van der Waals surface area (Å²) in [5.74, 6) is 7.25. The molecule has 0 bridgehead atoms. The van der Waals surface area contributed by atoms with E-state index in [-0.39, 0.29) is 5.75 Å². The number of hydrogen-bond acceptors (Lipinski definition) is 3. The SMILES string of the molecule is CN(C)CCOc1ccc(C#Cc2ccc(O)cc2)cc1. The van der Waals surface area contributed by atoms with Crippen LogP contribution in [-0.2, 0) is 0 Å². The smallest absolute Gasteiger partial charge is 0.119 e. The lowest BCUT2D eigenvalue weighted by atomic mass is 10.2. The molecule has 2 aromatic rings. The highest BCUT2D eigenvalue weighted by Crippen LogP contribution is 2.12. The van der Waals surface area contributed by atoms with E-state index in [4.69, 9.17) is 4.74 Å². The molecule has 0 aliphatic carbocycles. The minimum absolute atomic E-state index is 0.250. The Balaban J connectivity index is 1.95. The molecule has 0 saturated heterocycles. The zero-order chi connectivity index (χ0) is 15.1. The summed E-state index contributed by atoms with van der Waals surface area (Å²) in [5.41, 5.74) is 1.81. The number of benzene rings is 2. The predicted octanol–water partition coefficient (Wildman–Crippen LogP) is 2.73. The second kappa shape index (κ2) is 7.37. The van der Waals surface area contributed by atoms with Crippen LogP contribution in [0.15, 0.2) is 48.5 Å². The van der Waals surface area contributed by atoms with Crippen LogP contribution < -0.4 is 4.74 Å². The Kier molecular flexibility index (Phi) is 5.25. The van der Waals surface area contributed by atoms with Gasteiger partial charge in [-0.3, -0.25) is 0 Å². The molecule has 21 heavy (non-hydrogen) atoms. The third-order valence-electron chi connectivity index (χ3n) is 2.88. The van der Waals surface area contributed by atoms with Gasteiger partial charge in [-0.25, -0.2) is 0 Å². The lowest BCUT2D eigenvalue weighted by Gasteiger charge is -2.10. The molecule has 108 valence electrons. The Morgan fingerprint density at radius 2 is 1.43 bits per heavy atom. The zero-order valence-electron chi connectivity index (χ0n) is 12.3. The number of phenols is 1. The molecule has 0 aliphatic rings. The molecule has 0 unspecified atom stereocenters. The van der Waals surface area contributed by atoms with Gasteiger partial charge in [0.05, 0.1) is 0 Å². The number of phenolic OH excluding ortho intramolecular Hbond substituents is 1. The average Bonchev–Trinajstić information content (AvgIpc) is 2.48. The van der Waals surface area contributed by atoms with Crippen LogP contribution in [0.3, 0.4) is 0 Å². The molecule has 0 saturated carbocycles. The maximum atomic E-state index is 9.21. The molecule has 3 nitrogen and oxygen atoms in total. The van der Waals surface area contributed by atoms with E-state index in [1.54, 1.807) is 24.3 Å². The molecule has 0 radical (unpaired) electrons. The first-order valence-corrected chi connectivity index (χ1v) is 6.82. The van der Waals surface area contributed by atoms with Crippen molar-refractivity contribution in [1.29, 1.82) is 0 Å². The van der Waals surface area contributed by atoms with Crippen LogP contribution in [0.4, 0.5) is 0 Å². The fraction of sp³-hybridized carbons (Fsp3) is 0.222. The van der Waals surface area contributed by atoms with Gasteiger partial charge in [-0.2, -0.15) is 0 Å². The van der Waals surface area contributed by atoms with Gasteiger partial charge in [0.2, 0.25) is 0 Å². The van der Waals surface area contributed by atoms with E-state index in [2.05, 4.69) is 16.7 Å². The molecule has 1 N–H and O–H groups in total. The van der Waals surface area contributed by atoms with E-state index in [0.717, 1.165) is 23.4 Å². The largest absolute Gasteiger partial charge is 0.508 e. The van der Waals surface area contributed by atoms with E-state index in [0.29, 0.717) is 6.61 Å². The van der Waals surface area contributed by atoms with Crippen molar-refractivity contribution in [1.82, 2.24) is 4.90 Å². The summed E-state index contributed by atoms with van der Waals surface area (Å²) in [7, 11) is 4.04. The van der Waals surface area contributed by atoms with E-state index < -0.39 is 0 Å². The maximum Gasteiger partial charge on any atom is 0.119 e. The van der Waals surface area contributed by atoms with Crippen LogP contribution in [-0.4, -0.2) is 37.3 Å². The fourth-order valence-electron chi connectivity index (χ4n) is 1.67. The molecule has 0 atom stereocenters. The van der Waals surface area contributed by atoms with Crippen molar-refractivity contribution in [3.8, 4) is 23.3 Å². The summed E-state index contributed by atoms with van der Waals surface area (Å²) in [4.78, 5) is 2.08. The molecule has 0 fully saturated rings. The Bertz CT molecular complexity index is 619. The summed E-state index contributed by atoms with van der Waals surface area (Å²) >= 11 is 0. The summed E-state index contributed by atoms with van der Waals surface area (Å²) in [5, 5.41) is 9.21. The summed E-state index contributed by atoms with van der Waals surface area (Å²) < 4.78 is 5.63. The minimum Gasteiger partial charge on any atom is -0.508 e. The molecule has 0 heterocycles. The number of likely N-dealkylation sites (N-methyl/N-ethyl adjacent to an activating group) is 1. The van der Waals surface area contributed by atoms with Crippen molar-refractivity contribution in [2.75, 3.05) is 27.2 Å². The monoisotopic (exact) mass is 281 g/mol. The van der Waals surface area contributed by atoms with E-state index in [9.17, 15) is 5.11 Å². The van der Waals surface area contributed by atoms with Gasteiger partial charge < -0.3 is 14.7 Å². The van der Waals surface area contributed by atoms with Crippen LogP contribution in [0.1, 0.15) is 11.1 Å². The van der Waals surface area contributed by atoms with Crippen LogP contribution in [0.5, 0.6) is 11.5 Å². The van der Waals surface area contributed by atoms with E-state index in [1.807, 2.05) is 38.4 Å². The number of nitrogens with zero attached hydrogens (tertiary/aromatic N) is 1. The topological polar surface area (TPSA) is 32.7 Å². The fourth-order valence-corrected chi connectivity index (χ4v) is 1.67. The van der Waals surface area contributed by atoms with Gasteiger partial charge in [0.15, 0.2) is 0 Å². The maximum absolute atomic E-state index is 9.21. The number of rotatable bonds is 4. The van der Waals surface area contributed by atoms with E-state index >= 15 is 0 Å². The second-order valence-corrected chi connectivity index (χ2v) is 4.97. The number of aromatic hydroxyl groups is 1. The van der Waals surface area contributed by atoms with Crippen LogP contribution >= 0.6 is 0 Å². The predicted molar refractivity (Wildman–Crippen MR) is 84.6 cm³/mol. The minimum atomic E-state index is 0.250. The summed E-state index contributed by atoms with van der Waals surface area (Å²) in [6, 6.07) is 14.6. The first-order valence-electron chi connectivity index (χ1n) is 6.82. The van der Waals surface area contributed by atoms with Crippen molar-refractivity contribution >= 4 is 0 Å².